The summed E-state index contributed by atoms with van der Waals surface area (Å²) >= 11 is 1.81. The van der Waals surface area contributed by atoms with Crippen molar-refractivity contribution < 1.29 is 0 Å². The van der Waals surface area contributed by atoms with Gasteiger partial charge in [-0.3, -0.25) is 0 Å². The summed E-state index contributed by atoms with van der Waals surface area (Å²) in [6, 6.07) is 61.4. The molecule has 0 saturated heterocycles. The molecule has 0 saturated carbocycles. The molecule has 0 fully saturated rings. The minimum atomic E-state index is 0.0673. The highest BCUT2D eigenvalue weighted by Gasteiger charge is 2.38. The average molecular weight is 817 g/mol. The van der Waals surface area contributed by atoms with Gasteiger partial charge in [-0.15, -0.1) is 11.3 Å². The third-order valence-corrected chi connectivity index (χ3v) is 14.7. The van der Waals surface area contributed by atoms with E-state index in [1.54, 1.807) is 0 Å². The number of hydrogen-bond donors (Lipinski definition) is 0. The Bertz CT molecular complexity index is 3570. The maximum atomic E-state index is 5.35. The summed E-state index contributed by atoms with van der Waals surface area (Å²) in [7, 11) is 0. The van der Waals surface area contributed by atoms with Crippen molar-refractivity contribution in [2.45, 2.75) is 51.4 Å². The van der Waals surface area contributed by atoms with Gasteiger partial charge in [0, 0.05) is 53.3 Å². The molecule has 0 bridgehead atoms. The van der Waals surface area contributed by atoms with Gasteiger partial charge in [0.1, 0.15) is 0 Å². The van der Waals surface area contributed by atoms with Gasteiger partial charge in [-0.25, -0.2) is 15.0 Å². The molecule has 0 radical (unpaired) electrons. The molecule has 8 aromatic carbocycles. The predicted molar refractivity (Wildman–Crippen MR) is 262 cm³/mol. The van der Waals surface area contributed by atoms with Crippen LogP contribution in [0.3, 0.4) is 0 Å². The number of rotatable bonds is 5. The van der Waals surface area contributed by atoms with Gasteiger partial charge in [0.05, 0.1) is 11.0 Å². The molecule has 0 unspecified atom stereocenters. The van der Waals surface area contributed by atoms with Gasteiger partial charge in [-0.1, -0.05) is 155 Å². The van der Waals surface area contributed by atoms with Gasteiger partial charge < -0.3 is 4.57 Å². The van der Waals surface area contributed by atoms with E-state index in [2.05, 4.69) is 202 Å². The monoisotopic (exact) mass is 816 g/mol. The lowest BCUT2D eigenvalue weighted by Gasteiger charge is -2.42. The third-order valence-electron chi connectivity index (χ3n) is 13.5. The van der Waals surface area contributed by atoms with E-state index in [-0.39, 0.29) is 10.8 Å². The molecule has 0 atom stereocenters. The van der Waals surface area contributed by atoms with Crippen LogP contribution in [0.25, 0.3) is 104 Å². The first-order valence-corrected chi connectivity index (χ1v) is 22.5. The SMILES string of the molecule is CC1(C)CCC(C)(C)c2cc3c(cc21)c1c2ccccc2ccc1n3-c1cccc(-c2nc(-c3ccc(-c4ccccc4)cc3)nc(-c3cccc4sc5ccccc5c34)n2)c1. The average Bonchev–Trinajstić information content (AvgIpc) is 3.86. The van der Waals surface area contributed by atoms with Crippen LogP contribution in [0, 0.1) is 0 Å². The van der Waals surface area contributed by atoms with Crippen molar-refractivity contribution in [3.8, 4) is 51.0 Å². The minimum Gasteiger partial charge on any atom is -0.309 e. The smallest absolute Gasteiger partial charge is 0.164 e. The number of nitrogens with zero attached hydrogens (tertiary/aromatic N) is 4. The largest absolute Gasteiger partial charge is 0.309 e. The molecule has 0 aliphatic heterocycles. The quantitative estimate of drug-likeness (QED) is 0.174. The number of hydrogen-bond acceptors (Lipinski definition) is 4. The van der Waals surface area contributed by atoms with Crippen molar-refractivity contribution in [1.82, 2.24) is 19.5 Å². The van der Waals surface area contributed by atoms with Crippen LogP contribution < -0.4 is 0 Å². The van der Waals surface area contributed by atoms with E-state index >= 15 is 0 Å². The second-order valence-corrected chi connectivity index (χ2v) is 19.4. The fourth-order valence-corrected chi connectivity index (χ4v) is 11.2. The number of aromatic nitrogens is 4. The summed E-state index contributed by atoms with van der Waals surface area (Å²) in [5.41, 5.74) is 11.8. The first kappa shape index (κ1) is 36.9. The Balaban J connectivity index is 1.09. The van der Waals surface area contributed by atoms with E-state index in [1.165, 1.54) is 75.9 Å². The Morgan fingerprint density at radius 2 is 1.05 bits per heavy atom. The highest BCUT2D eigenvalue weighted by molar-refractivity contribution is 7.25. The summed E-state index contributed by atoms with van der Waals surface area (Å²) in [6.07, 6.45) is 2.33. The topological polar surface area (TPSA) is 43.6 Å². The zero-order chi connectivity index (χ0) is 41.7. The molecule has 4 nitrogen and oxygen atoms in total. The molecule has 62 heavy (non-hydrogen) atoms. The molecule has 11 aromatic rings. The summed E-state index contributed by atoms with van der Waals surface area (Å²) in [6.45, 7) is 9.68. The molecule has 0 N–H and O–H groups in total. The first-order valence-electron chi connectivity index (χ1n) is 21.6. The van der Waals surface area contributed by atoms with Crippen LogP contribution in [0.1, 0.15) is 51.7 Å². The maximum Gasteiger partial charge on any atom is 0.164 e. The summed E-state index contributed by atoms with van der Waals surface area (Å²) in [5.74, 6) is 1.95. The molecular weight excluding hydrogens is 773 g/mol. The molecule has 5 heteroatoms. The fraction of sp³-hybridized carbons (Fsp3) is 0.140. The van der Waals surface area contributed by atoms with Crippen LogP contribution >= 0.6 is 11.3 Å². The molecule has 3 aromatic heterocycles. The molecule has 1 aliphatic carbocycles. The zero-order valence-electron chi connectivity index (χ0n) is 35.3. The molecule has 0 amide bonds. The second-order valence-electron chi connectivity index (χ2n) is 18.3. The standard InChI is InChI=1S/C57H44N4S/c1-56(2)30-31-57(3,4)46-34-48-44(33-45(46)56)51-41-19-9-8-16-37(41)28-29-47(51)61(48)40-18-12-17-39(32-40)54-58-53(38-26-24-36(25-27-38)35-14-6-5-7-15-35)59-55(60-54)43-21-13-23-50-52(43)42-20-10-11-22-49(42)62-50/h5-29,32-34H,30-31H2,1-4H3. The van der Waals surface area contributed by atoms with Gasteiger partial charge in [0.25, 0.3) is 0 Å². The van der Waals surface area contributed by atoms with Gasteiger partial charge in [0.15, 0.2) is 17.5 Å². The lowest BCUT2D eigenvalue weighted by molar-refractivity contribution is 0.332. The predicted octanol–water partition coefficient (Wildman–Crippen LogP) is 15.5. The summed E-state index contributed by atoms with van der Waals surface area (Å²) in [5, 5.41) is 7.51. The van der Waals surface area contributed by atoms with Crippen molar-refractivity contribution in [2.24, 2.45) is 0 Å². The molecule has 0 spiro atoms. The summed E-state index contributed by atoms with van der Waals surface area (Å²) < 4.78 is 4.94. The van der Waals surface area contributed by atoms with Crippen LogP contribution in [-0.2, 0) is 10.8 Å². The lowest BCUT2D eigenvalue weighted by atomic mass is 9.63. The van der Waals surface area contributed by atoms with Crippen LogP contribution in [-0.4, -0.2) is 19.5 Å². The van der Waals surface area contributed by atoms with E-state index < -0.39 is 0 Å². The van der Waals surface area contributed by atoms with Crippen LogP contribution in [0.15, 0.2) is 170 Å². The van der Waals surface area contributed by atoms with Crippen molar-refractivity contribution >= 4 is 64.1 Å². The minimum absolute atomic E-state index is 0.0673. The Morgan fingerprint density at radius 1 is 0.435 bits per heavy atom. The normalized spacial score (nSPS) is 14.6. The van der Waals surface area contributed by atoms with Crippen molar-refractivity contribution in [1.29, 1.82) is 0 Å². The van der Waals surface area contributed by atoms with Crippen molar-refractivity contribution in [2.75, 3.05) is 0 Å². The van der Waals surface area contributed by atoms with Gasteiger partial charge in [0.2, 0.25) is 0 Å². The van der Waals surface area contributed by atoms with Gasteiger partial charge in [-0.2, -0.15) is 0 Å². The molecule has 3 heterocycles. The number of fused-ring (bicyclic) bond motifs is 9. The zero-order valence-corrected chi connectivity index (χ0v) is 36.1. The number of benzene rings is 8. The van der Waals surface area contributed by atoms with E-state index in [4.69, 9.17) is 15.0 Å². The third kappa shape index (κ3) is 5.83. The Hall–Kier alpha value is -6.95. The van der Waals surface area contributed by atoms with Crippen LogP contribution in [0.2, 0.25) is 0 Å². The van der Waals surface area contributed by atoms with Crippen LogP contribution in [0.4, 0.5) is 0 Å². The summed E-state index contributed by atoms with van der Waals surface area (Å²) in [4.78, 5) is 15.9. The molecule has 298 valence electrons. The Morgan fingerprint density at radius 3 is 1.85 bits per heavy atom. The van der Waals surface area contributed by atoms with E-state index in [1.807, 2.05) is 11.3 Å². The highest BCUT2D eigenvalue weighted by atomic mass is 32.1. The molecular formula is C57H44N4S. The Kier molecular flexibility index (Phi) is 8.20. The maximum absolute atomic E-state index is 5.35. The van der Waals surface area contributed by atoms with E-state index in [9.17, 15) is 0 Å². The number of thiophene rings is 1. The first-order chi connectivity index (χ1) is 30.2. The molecule has 12 rings (SSSR count). The van der Waals surface area contributed by atoms with Crippen LogP contribution in [0.5, 0.6) is 0 Å². The van der Waals surface area contributed by atoms with E-state index in [0.717, 1.165) is 34.4 Å². The van der Waals surface area contributed by atoms with Crippen molar-refractivity contribution in [3.05, 3.63) is 181 Å². The van der Waals surface area contributed by atoms with E-state index in [0.29, 0.717) is 17.5 Å². The Labute approximate surface area is 365 Å². The van der Waals surface area contributed by atoms with Crippen molar-refractivity contribution in [3.63, 3.8) is 0 Å². The lowest BCUT2D eigenvalue weighted by Crippen LogP contribution is -2.33. The second kappa shape index (κ2) is 13.8. The fourth-order valence-electron chi connectivity index (χ4n) is 10.1. The molecule has 1 aliphatic rings. The van der Waals surface area contributed by atoms with Gasteiger partial charge >= 0.3 is 0 Å². The van der Waals surface area contributed by atoms with Gasteiger partial charge in [-0.05, 0) is 99.2 Å². The highest BCUT2D eigenvalue weighted by Crippen LogP contribution is 2.49.